The molecule has 2 bridgehead atoms. The van der Waals surface area contributed by atoms with Crippen molar-refractivity contribution in [2.75, 3.05) is 32.8 Å². The number of amides is 3. The first-order chi connectivity index (χ1) is 18.3. The molecule has 3 saturated heterocycles. The van der Waals surface area contributed by atoms with Crippen LogP contribution in [0.3, 0.4) is 0 Å². The second kappa shape index (κ2) is 12.4. The summed E-state index contributed by atoms with van der Waals surface area (Å²) in [4.78, 5) is 47.5. The van der Waals surface area contributed by atoms with Gasteiger partial charge in [-0.25, -0.2) is 0 Å². The smallest absolute Gasteiger partial charge is 0.247 e. The van der Waals surface area contributed by atoms with Crippen LogP contribution in [0.4, 0.5) is 0 Å². The molecular formula is C29H38BrN3O4S. The lowest BCUT2D eigenvalue weighted by molar-refractivity contribution is -0.145. The number of likely N-dealkylation sites (tertiary alicyclic amines) is 1. The van der Waals surface area contributed by atoms with E-state index >= 15 is 0 Å². The number of alkyl halides is 1. The van der Waals surface area contributed by atoms with Gasteiger partial charge in [-0.1, -0.05) is 71.8 Å². The van der Waals surface area contributed by atoms with E-state index in [0.717, 1.165) is 18.4 Å². The highest BCUT2D eigenvalue weighted by molar-refractivity contribution is 9.09. The minimum absolute atomic E-state index is 0.000629. The fourth-order valence-corrected chi connectivity index (χ4v) is 10.0. The molecule has 3 heterocycles. The molecule has 3 fully saturated rings. The number of rotatable bonds is 13. The molecule has 1 aromatic rings. The summed E-state index contributed by atoms with van der Waals surface area (Å²) in [6.45, 7) is 11.4. The molecule has 3 aliphatic rings. The first-order valence-electron chi connectivity index (χ1n) is 13.4. The van der Waals surface area contributed by atoms with E-state index in [-0.39, 0.29) is 41.0 Å². The van der Waals surface area contributed by atoms with E-state index in [2.05, 4.69) is 36.0 Å². The molecule has 0 radical (unpaired) electrons. The molecular weight excluding hydrogens is 566 g/mol. The molecule has 0 saturated carbocycles. The number of carbonyl (C=O) groups is 3. The Morgan fingerprint density at radius 1 is 1.18 bits per heavy atom. The highest BCUT2D eigenvalue weighted by atomic mass is 79.9. The minimum atomic E-state index is -0.723. The van der Waals surface area contributed by atoms with Crippen molar-refractivity contribution in [3.63, 3.8) is 0 Å². The number of unbranched alkanes of at least 4 members (excludes halogenated alkanes) is 1. The number of halogens is 1. The molecule has 3 amide bonds. The molecule has 1 spiro atoms. The van der Waals surface area contributed by atoms with E-state index < -0.39 is 22.6 Å². The zero-order chi connectivity index (χ0) is 27.4. The van der Waals surface area contributed by atoms with Crippen LogP contribution in [-0.2, 0) is 20.9 Å². The second-order valence-electron chi connectivity index (χ2n) is 10.3. The molecule has 6 atom stereocenters. The van der Waals surface area contributed by atoms with Crippen LogP contribution in [0.1, 0.15) is 31.7 Å². The largest absolute Gasteiger partial charge is 0.395 e. The van der Waals surface area contributed by atoms with Crippen molar-refractivity contribution in [3.05, 3.63) is 61.2 Å². The Hall–Kier alpha value is -2.10. The standard InChI is InChI=1S/C29H38BrN3O4S/c1-4-7-15-31(13-5-2)28(37)25-29-18-21(30)24(38-29)22(23(29)27(36)33(25)16-17-34)26(35)32(14-6-3)19-20-11-9-8-10-12-20/h5-6,8-12,21-25,34H,2-4,7,13-19H2,1H3/t21?,22-,23+,24-,25?,29?/m1/s1. The third kappa shape index (κ3) is 5.09. The van der Waals surface area contributed by atoms with Crippen molar-refractivity contribution in [2.45, 2.75) is 53.6 Å². The lowest BCUT2D eigenvalue weighted by Crippen LogP contribution is -2.56. The van der Waals surface area contributed by atoms with Crippen LogP contribution in [0.15, 0.2) is 55.6 Å². The minimum Gasteiger partial charge on any atom is -0.395 e. The van der Waals surface area contributed by atoms with Gasteiger partial charge in [0.15, 0.2) is 0 Å². The molecule has 3 unspecified atom stereocenters. The van der Waals surface area contributed by atoms with E-state index in [0.29, 0.717) is 32.6 Å². The van der Waals surface area contributed by atoms with Crippen molar-refractivity contribution >= 4 is 45.4 Å². The number of benzene rings is 1. The zero-order valence-corrected chi connectivity index (χ0v) is 24.4. The van der Waals surface area contributed by atoms with Crippen molar-refractivity contribution in [2.24, 2.45) is 11.8 Å². The average Bonchev–Trinajstić information content (AvgIpc) is 3.50. The van der Waals surface area contributed by atoms with E-state index in [9.17, 15) is 19.5 Å². The van der Waals surface area contributed by atoms with Gasteiger partial charge >= 0.3 is 0 Å². The Morgan fingerprint density at radius 3 is 2.50 bits per heavy atom. The monoisotopic (exact) mass is 603 g/mol. The molecule has 1 N–H and O–H groups in total. The Balaban J connectivity index is 1.71. The number of aliphatic hydroxyl groups excluding tert-OH is 1. The first kappa shape index (κ1) is 28.9. The molecule has 0 aliphatic carbocycles. The van der Waals surface area contributed by atoms with Crippen molar-refractivity contribution in [1.82, 2.24) is 14.7 Å². The van der Waals surface area contributed by atoms with Crippen molar-refractivity contribution < 1.29 is 19.5 Å². The highest BCUT2D eigenvalue weighted by Crippen LogP contribution is 2.68. The quantitative estimate of drug-likeness (QED) is 0.276. The van der Waals surface area contributed by atoms with Crippen LogP contribution in [0, 0.1) is 11.8 Å². The summed E-state index contributed by atoms with van der Waals surface area (Å²) in [6, 6.07) is 9.07. The maximum absolute atomic E-state index is 14.2. The Morgan fingerprint density at radius 2 is 1.87 bits per heavy atom. The second-order valence-corrected chi connectivity index (χ2v) is 13.1. The van der Waals surface area contributed by atoms with E-state index in [1.54, 1.807) is 38.6 Å². The van der Waals surface area contributed by atoms with Crippen LogP contribution < -0.4 is 0 Å². The van der Waals surface area contributed by atoms with Gasteiger partial charge in [-0.3, -0.25) is 14.4 Å². The van der Waals surface area contributed by atoms with Gasteiger partial charge < -0.3 is 19.8 Å². The average molecular weight is 605 g/mol. The van der Waals surface area contributed by atoms with Crippen LogP contribution in [0.5, 0.6) is 0 Å². The summed E-state index contributed by atoms with van der Waals surface area (Å²) in [6.07, 6.45) is 5.84. The van der Waals surface area contributed by atoms with E-state index in [1.807, 2.05) is 30.3 Å². The third-order valence-electron chi connectivity index (χ3n) is 7.97. The topological polar surface area (TPSA) is 81.2 Å². The molecule has 4 rings (SSSR count). The van der Waals surface area contributed by atoms with Gasteiger partial charge in [0.2, 0.25) is 17.7 Å². The number of hydrogen-bond donors (Lipinski definition) is 1. The van der Waals surface area contributed by atoms with E-state index in [4.69, 9.17) is 0 Å². The van der Waals surface area contributed by atoms with Crippen LogP contribution in [-0.4, -0.2) is 91.2 Å². The maximum Gasteiger partial charge on any atom is 0.247 e. The summed E-state index contributed by atoms with van der Waals surface area (Å²) >= 11 is 5.45. The normalized spacial score (nSPS) is 29.3. The highest BCUT2D eigenvalue weighted by Gasteiger charge is 2.76. The molecule has 0 aromatic heterocycles. The van der Waals surface area contributed by atoms with E-state index in [1.165, 1.54) is 0 Å². The number of β-amino-alcohol motifs (C(OH)–C–C–N with tert-alkyl or cyclic N) is 1. The molecule has 3 aliphatic heterocycles. The van der Waals surface area contributed by atoms with Gasteiger partial charge in [0.05, 0.1) is 23.2 Å². The molecule has 7 nitrogen and oxygen atoms in total. The summed E-state index contributed by atoms with van der Waals surface area (Å²) in [5.41, 5.74) is 1.01. The van der Waals surface area contributed by atoms with Gasteiger partial charge in [-0.15, -0.1) is 24.9 Å². The van der Waals surface area contributed by atoms with Gasteiger partial charge in [-0.05, 0) is 18.4 Å². The molecule has 9 heteroatoms. The Bertz CT molecular complexity index is 1060. The van der Waals surface area contributed by atoms with Crippen LogP contribution in [0.2, 0.25) is 0 Å². The maximum atomic E-state index is 14.2. The molecule has 206 valence electrons. The fourth-order valence-electron chi connectivity index (χ4n) is 6.41. The number of nitrogens with zero attached hydrogens (tertiary/aromatic N) is 3. The molecule has 1 aromatic carbocycles. The van der Waals surface area contributed by atoms with Crippen LogP contribution >= 0.6 is 27.7 Å². The number of hydrogen-bond acceptors (Lipinski definition) is 5. The first-order valence-corrected chi connectivity index (χ1v) is 15.2. The summed E-state index contributed by atoms with van der Waals surface area (Å²) in [5, 5.41) is 9.75. The lowest BCUT2D eigenvalue weighted by Gasteiger charge is -2.38. The summed E-state index contributed by atoms with van der Waals surface area (Å²) < 4.78 is -0.722. The predicted molar refractivity (Wildman–Crippen MR) is 155 cm³/mol. The molecule has 38 heavy (non-hydrogen) atoms. The third-order valence-corrected chi connectivity index (χ3v) is 11.2. The van der Waals surface area contributed by atoms with Crippen molar-refractivity contribution in [1.29, 1.82) is 0 Å². The lowest BCUT2D eigenvalue weighted by atomic mass is 9.70. The number of aliphatic hydroxyl groups is 1. The predicted octanol–water partition coefficient (Wildman–Crippen LogP) is 3.47. The SMILES string of the molecule is C=CCN(CCCC)C(=O)C1N(CCO)C(=O)[C@@H]2[C@@H](C(=O)N(CC=C)Cc3ccccc3)[C@@H]3SC12CC3Br. The van der Waals surface area contributed by atoms with Gasteiger partial charge in [0.1, 0.15) is 6.04 Å². The zero-order valence-electron chi connectivity index (χ0n) is 22.0. The summed E-state index contributed by atoms with van der Waals surface area (Å²) in [5.74, 6) is -1.56. The van der Waals surface area contributed by atoms with Crippen LogP contribution in [0.25, 0.3) is 0 Å². The summed E-state index contributed by atoms with van der Waals surface area (Å²) in [7, 11) is 0. The Kier molecular flexibility index (Phi) is 9.42. The number of fused-ring (bicyclic) bond motifs is 1. The fraction of sp³-hybridized carbons (Fsp3) is 0.552. The number of thioether (sulfide) groups is 1. The van der Waals surface area contributed by atoms with Gasteiger partial charge in [0, 0.05) is 42.8 Å². The number of carbonyl (C=O) groups excluding carboxylic acids is 3. The van der Waals surface area contributed by atoms with Gasteiger partial charge in [-0.2, -0.15) is 0 Å². The van der Waals surface area contributed by atoms with Crippen molar-refractivity contribution in [3.8, 4) is 0 Å². The Labute approximate surface area is 238 Å². The van der Waals surface area contributed by atoms with Gasteiger partial charge in [0.25, 0.3) is 0 Å².